The molecule has 10 N–H and O–H groups in total. The van der Waals surface area contributed by atoms with E-state index >= 15 is 0 Å². The zero-order valence-corrected chi connectivity index (χ0v) is 48.0. The summed E-state index contributed by atoms with van der Waals surface area (Å²) in [6.45, 7) is 16.4. The number of ether oxygens (including phenoxy) is 6. The van der Waals surface area contributed by atoms with Crippen LogP contribution in [0.5, 0.6) is 11.5 Å². The fraction of sp³-hybridized carbons (Fsp3) is 0.478. The van der Waals surface area contributed by atoms with Crippen LogP contribution in [-0.4, -0.2) is 141 Å². The van der Waals surface area contributed by atoms with E-state index in [0.29, 0.717) is 71.0 Å². The number of nitrogens with one attached hydrogen (secondary N) is 1. The van der Waals surface area contributed by atoms with Gasteiger partial charge in [0.2, 0.25) is 0 Å². The van der Waals surface area contributed by atoms with Gasteiger partial charge in [0.15, 0.2) is 22.9 Å². The van der Waals surface area contributed by atoms with Crippen LogP contribution in [0.4, 0.5) is 11.6 Å². The molecule has 0 bridgehead atoms. The predicted molar refractivity (Wildman–Crippen MR) is 293 cm³/mol. The molecule has 77 heavy (non-hydrogen) atoms. The molecule has 0 aliphatic heterocycles. The van der Waals surface area contributed by atoms with Crippen molar-refractivity contribution in [2.24, 2.45) is 5.73 Å². The Morgan fingerprint density at radius 2 is 1.12 bits per heavy atom. The number of aromatic hydroxyl groups is 1. The minimum absolute atomic E-state index is 0. The number of phenolic OH excluding ortho intramolecular Hbond substituents is 1. The Balaban J connectivity index is 0.000000417. The molecule has 26 nitrogen and oxygen atoms in total. The summed E-state index contributed by atoms with van der Waals surface area (Å²) in [4.78, 5) is 65.6. The van der Waals surface area contributed by atoms with Crippen LogP contribution in [0, 0.1) is 0 Å². The Kier molecular flexibility index (Phi) is 28.7. The number of nitrogens with zero attached hydrogens (tertiary/aromatic N) is 8. The van der Waals surface area contributed by atoms with Gasteiger partial charge >= 0.3 is 27.1 Å². The molecular formula is C46H69Cl3N12O14P2. The highest BCUT2D eigenvalue weighted by atomic mass is 35.5. The molecule has 4 heterocycles. The summed E-state index contributed by atoms with van der Waals surface area (Å²) in [6.07, 6.45) is 4.02. The van der Waals surface area contributed by atoms with E-state index in [1.165, 1.54) is 19.0 Å². The van der Waals surface area contributed by atoms with Crippen molar-refractivity contribution < 1.29 is 66.6 Å². The fourth-order valence-electron chi connectivity index (χ4n) is 5.88. The highest BCUT2D eigenvalue weighted by Gasteiger charge is 2.39. The normalized spacial score (nSPS) is 13.0. The van der Waals surface area contributed by atoms with Gasteiger partial charge < -0.3 is 74.2 Å². The molecule has 4 aromatic heterocycles. The number of fused-ring (bicyclic) bond motifs is 2. The van der Waals surface area contributed by atoms with Crippen molar-refractivity contribution in [1.82, 2.24) is 44.1 Å². The molecule has 31 heteroatoms. The van der Waals surface area contributed by atoms with E-state index in [4.69, 9.17) is 88.2 Å². The van der Waals surface area contributed by atoms with Gasteiger partial charge in [0, 0.05) is 23.3 Å². The first kappa shape index (κ1) is 67.8. The third kappa shape index (κ3) is 24.9. The van der Waals surface area contributed by atoms with Crippen LogP contribution in [-0.2, 0) is 60.2 Å². The van der Waals surface area contributed by atoms with Crippen molar-refractivity contribution in [3.8, 4) is 11.5 Å². The molecule has 0 radical (unpaired) electrons. The molecule has 2 aromatic carbocycles. The van der Waals surface area contributed by atoms with Gasteiger partial charge in [-0.3, -0.25) is 18.7 Å². The van der Waals surface area contributed by atoms with Crippen molar-refractivity contribution in [2.75, 3.05) is 63.8 Å². The number of halogens is 3. The van der Waals surface area contributed by atoms with Gasteiger partial charge in [0.05, 0.1) is 51.2 Å². The van der Waals surface area contributed by atoms with Crippen LogP contribution < -0.4 is 26.8 Å². The maximum atomic E-state index is 13.9. The number of aromatic nitrogens is 8. The lowest BCUT2D eigenvalue weighted by molar-refractivity contribution is -0.151. The Bertz CT molecular complexity index is 2800. The van der Waals surface area contributed by atoms with E-state index in [0.717, 1.165) is 0 Å². The Hall–Kier alpha value is -5.31. The summed E-state index contributed by atoms with van der Waals surface area (Å²) >= 11 is 11.5. The van der Waals surface area contributed by atoms with Crippen molar-refractivity contribution in [3.05, 3.63) is 83.9 Å². The maximum absolute atomic E-state index is 13.9. The summed E-state index contributed by atoms with van der Waals surface area (Å²) in [5, 5.41) is 12.7. The van der Waals surface area contributed by atoms with Gasteiger partial charge in [0.1, 0.15) is 72.2 Å². The maximum Gasteiger partial charge on any atom is 0.350 e. The van der Waals surface area contributed by atoms with Crippen LogP contribution in [0.3, 0.4) is 0 Å². The highest BCUT2D eigenvalue weighted by Crippen LogP contribution is 2.46. The number of imidazole rings is 2. The number of hydrogen-bond donors (Lipinski definition) is 7. The minimum Gasteiger partial charge on any atom is -0.508 e. The molecule has 0 aliphatic carbocycles. The van der Waals surface area contributed by atoms with Crippen molar-refractivity contribution in [3.63, 3.8) is 0 Å². The molecule has 6 aromatic rings. The average Bonchev–Trinajstić information content (AvgIpc) is 3.97. The lowest BCUT2D eigenvalue weighted by Crippen LogP contribution is -2.47. The number of hydrogen-bond acceptors (Lipinski definition) is 21. The molecule has 1 unspecified atom stereocenters. The number of anilines is 2. The molecule has 6 rings (SSSR count). The highest BCUT2D eigenvalue weighted by molar-refractivity contribution is 7.57. The average molecular weight is 1180 g/mol. The smallest absolute Gasteiger partial charge is 0.350 e. The summed E-state index contributed by atoms with van der Waals surface area (Å²) < 4.78 is 65.2. The van der Waals surface area contributed by atoms with E-state index in [2.05, 4.69) is 35.0 Å². The van der Waals surface area contributed by atoms with E-state index in [9.17, 15) is 18.7 Å². The first-order valence-electron chi connectivity index (χ1n) is 23.3. The fourth-order valence-corrected chi connectivity index (χ4v) is 8.59. The van der Waals surface area contributed by atoms with Crippen LogP contribution in [0.25, 0.3) is 22.3 Å². The zero-order valence-electron chi connectivity index (χ0n) is 43.9. The topological polar surface area (TPSA) is 371 Å². The Labute approximate surface area is 462 Å². The second-order valence-electron chi connectivity index (χ2n) is 17.4. The van der Waals surface area contributed by atoms with Crippen LogP contribution in [0.1, 0.15) is 55.4 Å². The monoisotopic (exact) mass is 1180 g/mol. The zero-order chi connectivity index (χ0) is 56.7. The van der Waals surface area contributed by atoms with Gasteiger partial charge in [-0.15, -0.1) is 12.4 Å². The van der Waals surface area contributed by atoms with Gasteiger partial charge in [-0.1, -0.05) is 23.2 Å². The number of carbonyl (C=O) groups is 2. The van der Waals surface area contributed by atoms with E-state index in [-0.39, 0.29) is 56.0 Å². The lowest BCUT2D eigenvalue weighted by atomic mass is 10.1. The van der Waals surface area contributed by atoms with Crippen LogP contribution >= 0.6 is 50.7 Å². The summed E-state index contributed by atoms with van der Waals surface area (Å²) in [7, 11) is -7.95. The Morgan fingerprint density at radius 3 is 1.53 bits per heavy atom. The number of rotatable bonds is 24. The number of esters is 2. The van der Waals surface area contributed by atoms with Gasteiger partial charge in [-0.05, 0) is 104 Å². The molecule has 428 valence electrons. The first-order chi connectivity index (χ1) is 35.7. The van der Waals surface area contributed by atoms with Crippen LogP contribution in [0.2, 0.25) is 10.0 Å². The number of benzene rings is 2. The van der Waals surface area contributed by atoms with Crippen molar-refractivity contribution in [1.29, 1.82) is 0 Å². The molecule has 0 amide bonds. The first-order valence-corrected chi connectivity index (χ1v) is 27.7. The van der Waals surface area contributed by atoms with E-state index in [1.54, 1.807) is 106 Å². The third-order valence-corrected chi connectivity index (χ3v) is 12.4. The quantitative estimate of drug-likeness (QED) is 0.0197. The van der Waals surface area contributed by atoms with Crippen molar-refractivity contribution in [2.45, 2.75) is 91.8 Å². The number of nitrogen functional groups attached to an aromatic ring is 2. The molecule has 0 spiro atoms. The summed E-state index contributed by atoms with van der Waals surface area (Å²) in [6, 6.07) is 12.7. The third-order valence-electron chi connectivity index (χ3n) is 9.53. The predicted octanol–water partition coefficient (Wildman–Crippen LogP) is 6.36. The lowest BCUT2D eigenvalue weighted by Gasteiger charge is -2.30. The Morgan fingerprint density at radius 1 is 0.688 bits per heavy atom. The standard InChI is InChI=1S/C23H32ClN6O6P.C9H14N5O4P.C8H17NO3.C6H5ClO.ClH/c1-5-33-10-11-34-22(31)23(3,4)29-37(32,36-18-8-6-17(24)7-9-18)15-35-16(2)12-30-14-28-19-20(25)26-13-27-21(19)30;1-6(18-5-19(15,16)17)2-14-4-13-7-8(10)11-3-12-9(7)14;1-4-11-5-6-12-7(10)8(2,3)9;7-5-1-3-6(8)4-2-5;/h6-9,13-14,16H,5,10-12,15H2,1-4H3,(H,29,32)(H2,25,26,27);3-4,6H,2,5H2,1H3,(H2,10,11,12)(H2,15,16,17);4-6,9H2,1-3H3;1-4,8H;1H/t16-,37?;6-;;;/m11.../s1. The minimum atomic E-state index is -4.16. The largest absolute Gasteiger partial charge is 0.508 e. The second-order valence-corrected chi connectivity index (χ2v) is 21.8. The SMILES string of the molecule is CCOCCOC(=O)C(C)(C)N.CCOCCOC(=O)C(C)(C)NP(=O)(CO[C@H](C)Cn1cnc2c(N)ncnc21)Oc1ccc(Cl)cc1.C[C@H](Cn1cnc2c(N)ncnc21)OCP(=O)(O)O.Cl.Oc1ccc(Cl)cc1. The van der Waals surface area contributed by atoms with Gasteiger partial charge in [0.25, 0.3) is 0 Å². The van der Waals surface area contributed by atoms with Gasteiger partial charge in [-0.25, -0.2) is 35.0 Å². The summed E-state index contributed by atoms with van der Waals surface area (Å²) in [5.74, 6) is 0.0917. The van der Waals surface area contributed by atoms with Crippen LogP contribution in [0.15, 0.2) is 73.8 Å². The van der Waals surface area contributed by atoms with Gasteiger partial charge in [-0.2, -0.15) is 0 Å². The molecule has 0 saturated heterocycles. The molecule has 0 fully saturated rings. The number of carbonyl (C=O) groups excluding carboxylic acids is 2. The van der Waals surface area contributed by atoms with Crippen molar-refractivity contribution >= 4 is 96.6 Å². The molecule has 0 aliphatic rings. The molecule has 3 atom stereocenters. The number of nitrogens with two attached hydrogens (primary N) is 3. The second kappa shape index (κ2) is 32.6. The molecular weight excluding hydrogens is 1110 g/mol. The molecule has 0 saturated carbocycles. The van der Waals surface area contributed by atoms with E-state index in [1.807, 2.05) is 13.8 Å². The van der Waals surface area contributed by atoms with E-state index < -0.39 is 56.7 Å². The summed E-state index contributed by atoms with van der Waals surface area (Å²) in [5.41, 5.74) is 16.8. The number of phenols is 1.